The highest BCUT2D eigenvalue weighted by atomic mass is 19.1. The molecule has 0 amide bonds. The Balaban J connectivity index is 2.20. The number of hydrogen-bond donors (Lipinski definition) is 1. The van der Waals surface area contributed by atoms with Crippen LogP contribution in [0, 0.1) is 17.0 Å². The summed E-state index contributed by atoms with van der Waals surface area (Å²) in [6, 6.07) is 3.75. The minimum absolute atomic E-state index is 0.0732. The van der Waals surface area contributed by atoms with Crippen molar-refractivity contribution in [1.29, 1.82) is 0 Å². The molecule has 0 spiro atoms. The molecule has 1 saturated heterocycles. The molecular formula is C15H21F2NO. The minimum Gasteiger partial charge on any atom is -0.378 e. The molecule has 0 saturated carbocycles. The van der Waals surface area contributed by atoms with E-state index in [-0.39, 0.29) is 11.5 Å². The lowest BCUT2D eigenvalue weighted by Gasteiger charge is -2.32. The van der Waals surface area contributed by atoms with Crippen LogP contribution in [0.5, 0.6) is 0 Å². The summed E-state index contributed by atoms with van der Waals surface area (Å²) in [5.41, 5.74) is 0.628. The van der Waals surface area contributed by atoms with Gasteiger partial charge in [-0.2, -0.15) is 0 Å². The van der Waals surface area contributed by atoms with Gasteiger partial charge in [-0.1, -0.05) is 6.92 Å². The van der Waals surface area contributed by atoms with Crippen LogP contribution in [0.2, 0.25) is 0 Å². The van der Waals surface area contributed by atoms with Crippen molar-refractivity contribution in [3.63, 3.8) is 0 Å². The van der Waals surface area contributed by atoms with Gasteiger partial charge in [-0.15, -0.1) is 0 Å². The van der Waals surface area contributed by atoms with Crippen LogP contribution in [0.15, 0.2) is 18.2 Å². The highest BCUT2D eigenvalue weighted by Crippen LogP contribution is 2.38. The summed E-state index contributed by atoms with van der Waals surface area (Å²) < 4.78 is 32.2. The van der Waals surface area contributed by atoms with Crippen LogP contribution in [-0.2, 0) is 11.2 Å². The molecule has 19 heavy (non-hydrogen) atoms. The van der Waals surface area contributed by atoms with Gasteiger partial charge >= 0.3 is 0 Å². The Labute approximate surface area is 113 Å². The van der Waals surface area contributed by atoms with Crippen molar-refractivity contribution in [1.82, 2.24) is 5.32 Å². The van der Waals surface area contributed by atoms with E-state index in [0.29, 0.717) is 18.6 Å². The lowest BCUT2D eigenvalue weighted by Crippen LogP contribution is -2.41. The molecule has 1 aromatic carbocycles. The standard InChI is InChI=1S/C15H21F2NO/c1-3-18-10-15(4-5-19-11(15)2)9-12-6-13(16)8-14(17)7-12/h6-8,11,18H,3-5,9-10H2,1-2H3. The number of ether oxygens (including phenoxy) is 1. The van der Waals surface area contributed by atoms with Crippen molar-refractivity contribution in [2.24, 2.45) is 5.41 Å². The molecule has 1 aliphatic rings. The molecule has 0 bridgehead atoms. The first kappa shape index (κ1) is 14.4. The number of halogens is 2. The zero-order chi connectivity index (χ0) is 13.9. The van der Waals surface area contributed by atoms with Gasteiger partial charge in [0.15, 0.2) is 0 Å². The largest absolute Gasteiger partial charge is 0.378 e. The predicted octanol–water partition coefficient (Wildman–Crippen LogP) is 2.91. The Morgan fingerprint density at radius 2 is 2.00 bits per heavy atom. The van der Waals surface area contributed by atoms with Gasteiger partial charge in [-0.25, -0.2) is 8.78 Å². The monoisotopic (exact) mass is 269 g/mol. The Bertz CT molecular complexity index is 418. The molecule has 1 aliphatic heterocycles. The summed E-state index contributed by atoms with van der Waals surface area (Å²) in [6.45, 7) is 6.50. The molecular weight excluding hydrogens is 248 g/mol. The summed E-state index contributed by atoms with van der Waals surface area (Å²) in [4.78, 5) is 0. The highest BCUT2D eigenvalue weighted by Gasteiger charge is 2.41. The minimum atomic E-state index is -0.514. The molecule has 1 fully saturated rings. The van der Waals surface area contributed by atoms with Crippen LogP contribution in [0.3, 0.4) is 0 Å². The summed E-state index contributed by atoms with van der Waals surface area (Å²) in [5.74, 6) is -1.03. The Kier molecular flexibility index (Phi) is 4.53. The van der Waals surface area contributed by atoms with Crippen molar-refractivity contribution < 1.29 is 13.5 Å². The van der Waals surface area contributed by atoms with E-state index in [9.17, 15) is 8.78 Å². The van der Waals surface area contributed by atoms with Crippen molar-refractivity contribution in [2.45, 2.75) is 32.8 Å². The normalized spacial score (nSPS) is 26.8. The molecule has 106 valence electrons. The number of rotatable bonds is 5. The second-order valence-electron chi connectivity index (χ2n) is 5.36. The Morgan fingerprint density at radius 1 is 1.32 bits per heavy atom. The third-order valence-corrected chi connectivity index (χ3v) is 4.04. The van der Waals surface area contributed by atoms with E-state index in [1.54, 1.807) is 0 Å². The van der Waals surface area contributed by atoms with Gasteiger partial charge in [0, 0.05) is 24.6 Å². The molecule has 2 atom stereocenters. The average molecular weight is 269 g/mol. The third kappa shape index (κ3) is 3.31. The van der Waals surface area contributed by atoms with E-state index in [1.165, 1.54) is 12.1 Å². The molecule has 4 heteroatoms. The van der Waals surface area contributed by atoms with Gasteiger partial charge in [0.1, 0.15) is 11.6 Å². The first-order valence-electron chi connectivity index (χ1n) is 6.83. The molecule has 2 unspecified atom stereocenters. The fourth-order valence-electron chi connectivity index (χ4n) is 2.84. The Hall–Kier alpha value is -1.00. The summed E-state index contributed by atoms with van der Waals surface area (Å²) >= 11 is 0. The van der Waals surface area contributed by atoms with Gasteiger partial charge in [0.25, 0.3) is 0 Å². The van der Waals surface area contributed by atoms with Crippen molar-refractivity contribution in [3.8, 4) is 0 Å². The molecule has 0 radical (unpaired) electrons. The van der Waals surface area contributed by atoms with Crippen LogP contribution < -0.4 is 5.32 Å². The molecule has 1 N–H and O–H groups in total. The quantitative estimate of drug-likeness (QED) is 0.887. The first-order valence-corrected chi connectivity index (χ1v) is 6.83. The van der Waals surface area contributed by atoms with Gasteiger partial charge in [0.05, 0.1) is 6.10 Å². The maximum absolute atomic E-state index is 13.3. The van der Waals surface area contributed by atoms with Gasteiger partial charge in [-0.3, -0.25) is 0 Å². The Morgan fingerprint density at radius 3 is 2.53 bits per heavy atom. The fraction of sp³-hybridized carbons (Fsp3) is 0.600. The summed E-state index contributed by atoms with van der Waals surface area (Å²) in [7, 11) is 0. The maximum Gasteiger partial charge on any atom is 0.126 e. The van der Waals surface area contributed by atoms with E-state index >= 15 is 0 Å². The highest BCUT2D eigenvalue weighted by molar-refractivity contribution is 5.20. The van der Waals surface area contributed by atoms with Crippen molar-refractivity contribution in [3.05, 3.63) is 35.4 Å². The molecule has 1 heterocycles. The number of benzene rings is 1. The fourth-order valence-corrected chi connectivity index (χ4v) is 2.84. The van der Waals surface area contributed by atoms with E-state index in [4.69, 9.17) is 4.74 Å². The maximum atomic E-state index is 13.3. The molecule has 0 aromatic heterocycles. The van der Waals surface area contributed by atoms with Crippen molar-refractivity contribution in [2.75, 3.05) is 19.7 Å². The van der Waals surface area contributed by atoms with E-state index in [2.05, 4.69) is 12.2 Å². The molecule has 1 aromatic rings. The zero-order valence-electron chi connectivity index (χ0n) is 11.5. The first-order chi connectivity index (χ1) is 9.05. The topological polar surface area (TPSA) is 21.3 Å². The molecule has 2 rings (SSSR count). The lowest BCUT2D eigenvalue weighted by atomic mass is 9.76. The number of hydrogen-bond acceptors (Lipinski definition) is 2. The van der Waals surface area contributed by atoms with Gasteiger partial charge in [-0.05, 0) is 44.0 Å². The second-order valence-corrected chi connectivity index (χ2v) is 5.36. The van der Waals surface area contributed by atoms with Crippen LogP contribution in [0.1, 0.15) is 25.8 Å². The summed E-state index contributed by atoms with van der Waals surface area (Å²) in [6.07, 6.45) is 1.65. The average Bonchev–Trinajstić information content (AvgIpc) is 2.67. The smallest absolute Gasteiger partial charge is 0.126 e. The van der Waals surface area contributed by atoms with Crippen LogP contribution in [-0.4, -0.2) is 25.8 Å². The van der Waals surface area contributed by atoms with Crippen LogP contribution in [0.25, 0.3) is 0 Å². The zero-order valence-corrected chi connectivity index (χ0v) is 11.5. The van der Waals surface area contributed by atoms with Crippen molar-refractivity contribution >= 4 is 0 Å². The third-order valence-electron chi connectivity index (χ3n) is 4.04. The number of nitrogens with one attached hydrogen (secondary N) is 1. The van der Waals surface area contributed by atoms with E-state index in [1.807, 2.05) is 6.92 Å². The SMILES string of the molecule is CCNCC1(Cc2cc(F)cc(F)c2)CCOC1C. The van der Waals surface area contributed by atoms with Crippen LogP contribution >= 0.6 is 0 Å². The second kappa shape index (κ2) is 5.97. The van der Waals surface area contributed by atoms with Gasteiger partial charge in [0.2, 0.25) is 0 Å². The van der Waals surface area contributed by atoms with Crippen LogP contribution in [0.4, 0.5) is 8.78 Å². The van der Waals surface area contributed by atoms with Gasteiger partial charge < -0.3 is 10.1 Å². The van der Waals surface area contributed by atoms with E-state index < -0.39 is 11.6 Å². The molecule has 2 nitrogen and oxygen atoms in total. The lowest BCUT2D eigenvalue weighted by molar-refractivity contribution is 0.0632. The summed E-state index contributed by atoms with van der Waals surface area (Å²) in [5, 5.41) is 3.34. The predicted molar refractivity (Wildman–Crippen MR) is 71.1 cm³/mol. The van der Waals surface area contributed by atoms with E-state index in [0.717, 1.165) is 25.6 Å². The molecule has 0 aliphatic carbocycles.